The molecule has 3 rings (SSSR count). The predicted octanol–water partition coefficient (Wildman–Crippen LogP) is 5.51. The van der Waals surface area contributed by atoms with Crippen LogP contribution < -0.4 is 10.2 Å². The highest BCUT2D eigenvalue weighted by atomic mass is 32.2. The van der Waals surface area contributed by atoms with Crippen molar-refractivity contribution in [3.8, 4) is 5.75 Å². The average molecular weight is 419 g/mol. The molecule has 5 heteroatoms. The third kappa shape index (κ3) is 6.78. The molecule has 0 radical (unpaired) electrons. The second kappa shape index (κ2) is 10.6. The maximum Gasteiger partial charge on any atom is 0.253 e. The minimum absolute atomic E-state index is 0.130. The number of rotatable bonds is 8. The first-order valence-corrected chi connectivity index (χ1v) is 10.7. The molecular weight excluding hydrogens is 392 g/mol. The number of hydrogen-bond acceptors (Lipinski definition) is 4. The average Bonchev–Trinajstić information content (AvgIpc) is 2.76. The second-order valence-corrected chi connectivity index (χ2v) is 8.56. The SMILES string of the molecule is Cc1ccc(COc2ccc(/C=N\NC(=O)[C@H](C)Sc3ccc(C)cc3)cc2)cc1. The molecule has 0 saturated carbocycles. The van der Waals surface area contributed by atoms with Crippen LogP contribution in [0, 0.1) is 13.8 Å². The van der Waals surface area contributed by atoms with Gasteiger partial charge in [-0.2, -0.15) is 5.10 Å². The Morgan fingerprint density at radius 2 is 1.57 bits per heavy atom. The van der Waals surface area contributed by atoms with Crippen LogP contribution in [0.25, 0.3) is 0 Å². The van der Waals surface area contributed by atoms with E-state index in [9.17, 15) is 4.79 Å². The number of hydrogen-bond donors (Lipinski definition) is 1. The molecule has 1 atom stereocenters. The summed E-state index contributed by atoms with van der Waals surface area (Å²) >= 11 is 1.51. The fourth-order valence-electron chi connectivity index (χ4n) is 2.64. The largest absolute Gasteiger partial charge is 0.489 e. The van der Waals surface area contributed by atoms with E-state index in [-0.39, 0.29) is 11.2 Å². The van der Waals surface area contributed by atoms with Gasteiger partial charge in [-0.1, -0.05) is 47.5 Å². The number of hydrazone groups is 1. The molecule has 0 bridgehead atoms. The summed E-state index contributed by atoms with van der Waals surface area (Å²) in [6.45, 7) is 6.51. The van der Waals surface area contributed by atoms with E-state index >= 15 is 0 Å². The summed E-state index contributed by atoms with van der Waals surface area (Å²) in [5.41, 5.74) is 7.06. The van der Waals surface area contributed by atoms with Crippen LogP contribution in [0.15, 0.2) is 82.8 Å². The van der Waals surface area contributed by atoms with Gasteiger partial charge in [0.1, 0.15) is 12.4 Å². The topological polar surface area (TPSA) is 50.7 Å². The van der Waals surface area contributed by atoms with Gasteiger partial charge < -0.3 is 4.74 Å². The van der Waals surface area contributed by atoms with Crippen LogP contribution in [0.4, 0.5) is 0 Å². The molecule has 0 unspecified atom stereocenters. The summed E-state index contributed by atoms with van der Waals surface area (Å²) < 4.78 is 5.81. The monoisotopic (exact) mass is 418 g/mol. The number of aryl methyl sites for hydroxylation is 2. The number of benzene rings is 3. The smallest absolute Gasteiger partial charge is 0.253 e. The first-order chi connectivity index (χ1) is 14.5. The normalized spacial score (nSPS) is 12.0. The standard InChI is InChI=1S/C25H26N2O2S/c1-18-4-8-22(9-5-18)17-29-23-12-10-21(11-13-23)16-26-27-25(28)20(3)30-24-14-6-19(2)7-15-24/h4-16,20H,17H2,1-3H3,(H,27,28)/b26-16-/t20-/m0/s1. The quantitative estimate of drug-likeness (QED) is 0.298. The molecule has 1 amide bonds. The Bertz CT molecular complexity index is 981. The maximum atomic E-state index is 12.2. The van der Waals surface area contributed by atoms with Gasteiger partial charge in [0.05, 0.1) is 11.5 Å². The molecule has 0 heterocycles. The van der Waals surface area contributed by atoms with E-state index in [1.165, 1.54) is 22.9 Å². The van der Waals surface area contributed by atoms with E-state index in [4.69, 9.17) is 4.74 Å². The highest BCUT2D eigenvalue weighted by Crippen LogP contribution is 2.23. The predicted molar refractivity (Wildman–Crippen MR) is 124 cm³/mol. The fourth-order valence-corrected chi connectivity index (χ4v) is 3.50. The molecule has 3 aromatic rings. The minimum atomic E-state index is -0.234. The van der Waals surface area contributed by atoms with Crippen molar-refractivity contribution < 1.29 is 9.53 Å². The molecule has 0 aliphatic heterocycles. The van der Waals surface area contributed by atoms with Crippen LogP contribution >= 0.6 is 11.8 Å². The maximum absolute atomic E-state index is 12.2. The van der Waals surface area contributed by atoms with Gasteiger partial charge in [-0.15, -0.1) is 11.8 Å². The van der Waals surface area contributed by atoms with Crippen LogP contribution in [-0.4, -0.2) is 17.4 Å². The molecule has 0 spiro atoms. The van der Waals surface area contributed by atoms with Gasteiger partial charge in [0.15, 0.2) is 0 Å². The molecule has 30 heavy (non-hydrogen) atoms. The van der Waals surface area contributed by atoms with Crippen molar-refractivity contribution in [3.63, 3.8) is 0 Å². The number of nitrogens with one attached hydrogen (secondary N) is 1. The summed E-state index contributed by atoms with van der Waals surface area (Å²) in [6.07, 6.45) is 1.63. The number of amides is 1. The lowest BCUT2D eigenvalue weighted by molar-refractivity contribution is -0.120. The summed E-state index contributed by atoms with van der Waals surface area (Å²) in [4.78, 5) is 13.3. The van der Waals surface area contributed by atoms with Gasteiger partial charge in [0.25, 0.3) is 5.91 Å². The highest BCUT2D eigenvalue weighted by Gasteiger charge is 2.13. The molecule has 1 N–H and O–H groups in total. The van der Waals surface area contributed by atoms with E-state index in [0.717, 1.165) is 21.8 Å². The Hall–Kier alpha value is -3.05. The molecule has 0 aromatic heterocycles. The third-order valence-corrected chi connectivity index (χ3v) is 5.61. The van der Waals surface area contributed by atoms with Crippen molar-refractivity contribution in [2.75, 3.05) is 0 Å². The van der Waals surface area contributed by atoms with E-state index in [1.807, 2.05) is 62.4 Å². The molecule has 0 fully saturated rings. The lowest BCUT2D eigenvalue weighted by Gasteiger charge is -2.09. The fraction of sp³-hybridized carbons (Fsp3) is 0.200. The van der Waals surface area contributed by atoms with Gasteiger partial charge in [0.2, 0.25) is 0 Å². The number of carbonyl (C=O) groups is 1. The van der Waals surface area contributed by atoms with Crippen LogP contribution in [0.5, 0.6) is 5.75 Å². The molecule has 3 aromatic carbocycles. The Labute approximate surface area is 182 Å². The van der Waals surface area contributed by atoms with Gasteiger partial charge in [-0.3, -0.25) is 4.79 Å². The van der Waals surface area contributed by atoms with E-state index < -0.39 is 0 Å². The lowest BCUT2D eigenvalue weighted by atomic mass is 10.2. The molecular formula is C25H26N2O2S. The number of nitrogens with zero attached hydrogens (tertiary/aromatic N) is 1. The minimum Gasteiger partial charge on any atom is -0.489 e. The van der Waals surface area contributed by atoms with Crippen molar-refractivity contribution >= 4 is 23.9 Å². The van der Waals surface area contributed by atoms with Gasteiger partial charge in [0, 0.05) is 4.90 Å². The molecule has 0 aliphatic rings. The zero-order valence-corrected chi connectivity index (χ0v) is 18.3. The van der Waals surface area contributed by atoms with Crippen LogP contribution in [0.3, 0.4) is 0 Å². The van der Waals surface area contributed by atoms with Gasteiger partial charge >= 0.3 is 0 Å². The second-order valence-electron chi connectivity index (χ2n) is 7.15. The third-order valence-electron chi connectivity index (χ3n) is 4.50. The summed E-state index contributed by atoms with van der Waals surface area (Å²) in [5.74, 6) is 0.662. The molecule has 4 nitrogen and oxygen atoms in total. The Balaban J connectivity index is 1.45. The Kier molecular flexibility index (Phi) is 7.69. The molecule has 154 valence electrons. The number of carbonyl (C=O) groups excluding carboxylic acids is 1. The van der Waals surface area contributed by atoms with Crippen LogP contribution in [-0.2, 0) is 11.4 Å². The van der Waals surface area contributed by atoms with Crippen molar-refractivity contribution in [1.29, 1.82) is 0 Å². The van der Waals surface area contributed by atoms with Crippen molar-refractivity contribution in [1.82, 2.24) is 5.43 Å². The zero-order chi connectivity index (χ0) is 21.3. The van der Waals surface area contributed by atoms with Crippen molar-refractivity contribution in [3.05, 3.63) is 95.1 Å². The van der Waals surface area contributed by atoms with Crippen LogP contribution in [0.2, 0.25) is 0 Å². The van der Waals surface area contributed by atoms with E-state index in [0.29, 0.717) is 6.61 Å². The van der Waals surface area contributed by atoms with Crippen molar-refractivity contribution in [2.24, 2.45) is 5.10 Å². The Morgan fingerprint density at radius 3 is 2.20 bits per heavy atom. The van der Waals surface area contributed by atoms with E-state index in [2.05, 4.69) is 41.7 Å². The Morgan fingerprint density at radius 1 is 0.967 bits per heavy atom. The molecule has 0 aliphatic carbocycles. The zero-order valence-electron chi connectivity index (χ0n) is 17.5. The first kappa shape index (κ1) is 21.7. The highest BCUT2D eigenvalue weighted by molar-refractivity contribution is 8.00. The molecule has 0 saturated heterocycles. The lowest BCUT2D eigenvalue weighted by Crippen LogP contribution is -2.26. The van der Waals surface area contributed by atoms with E-state index in [1.54, 1.807) is 6.21 Å². The van der Waals surface area contributed by atoms with Crippen molar-refractivity contribution in [2.45, 2.75) is 37.5 Å². The summed E-state index contributed by atoms with van der Waals surface area (Å²) in [6, 6.07) is 24.0. The van der Waals surface area contributed by atoms with Gasteiger partial charge in [-0.05, 0) is 68.3 Å². The number of ether oxygens (including phenoxy) is 1. The number of thioether (sulfide) groups is 1. The summed E-state index contributed by atoms with van der Waals surface area (Å²) in [5, 5.41) is 3.84. The van der Waals surface area contributed by atoms with Gasteiger partial charge in [-0.25, -0.2) is 5.43 Å². The first-order valence-electron chi connectivity index (χ1n) is 9.84. The van der Waals surface area contributed by atoms with Crippen LogP contribution in [0.1, 0.15) is 29.2 Å². The summed E-state index contributed by atoms with van der Waals surface area (Å²) in [7, 11) is 0.